The number of nitrogens with two attached hydrogens (primary N) is 1. The Hall–Kier alpha value is -1.36. The summed E-state index contributed by atoms with van der Waals surface area (Å²) in [7, 11) is 0. The van der Waals surface area contributed by atoms with Crippen LogP contribution in [0.4, 0.5) is 20.2 Å². The summed E-state index contributed by atoms with van der Waals surface area (Å²) < 4.78 is 25.7. The van der Waals surface area contributed by atoms with Crippen molar-refractivity contribution in [2.45, 2.75) is 31.2 Å². The van der Waals surface area contributed by atoms with Crippen LogP contribution < -0.4 is 11.1 Å². The van der Waals surface area contributed by atoms with Crippen LogP contribution in [-0.4, -0.2) is 17.3 Å². The van der Waals surface area contributed by atoms with Crippen LogP contribution in [-0.2, 0) is 0 Å². The number of anilines is 2. The van der Waals surface area contributed by atoms with Gasteiger partial charge in [0.25, 0.3) is 6.43 Å². The van der Waals surface area contributed by atoms with Crippen LogP contribution in [0.1, 0.15) is 31.3 Å². The fourth-order valence-corrected chi connectivity index (χ4v) is 2.09. The molecule has 0 bridgehead atoms. The number of aliphatic hydroxyl groups is 1. The van der Waals surface area contributed by atoms with E-state index in [9.17, 15) is 13.9 Å². The minimum Gasteiger partial charge on any atom is -0.399 e. The molecule has 0 aliphatic heterocycles. The lowest BCUT2D eigenvalue weighted by atomic mass is 9.77. The maximum absolute atomic E-state index is 12.9. The zero-order chi connectivity index (χ0) is 12.5. The molecule has 1 fully saturated rings. The molecule has 0 unspecified atom stereocenters. The van der Waals surface area contributed by atoms with Crippen LogP contribution in [0.15, 0.2) is 18.2 Å². The topological polar surface area (TPSA) is 58.3 Å². The molecule has 1 aromatic carbocycles. The molecule has 0 aromatic heterocycles. The van der Waals surface area contributed by atoms with Gasteiger partial charge in [-0.25, -0.2) is 8.78 Å². The average Bonchev–Trinajstić information content (AvgIpc) is 2.25. The summed E-state index contributed by atoms with van der Waals surface area (Å²) >= 11 is 0. The number of nitrogen functional groups attached to an aromatic ring is 1. The Balaban J connectivity index is 2.25. The van der Waals surface area contributed by atoms with Crippen LogP contribution in [0, 0.1) is 0 Å². The number of nitrogens with one attached hydrogen (secondary N) is 1. The smallest absolute Gasteiger partial charge is 0.265 e. The molecule has 3 nitrogen and oxygen atoms in total. The Kier molecular flexibility index (Phi) is 3.19. The Bertz CT molecular complexity index is 400. The summed E-state index contributed by atoms with van der Waals surface area (Å²) in [6.07, 6.45) is 0.0384. The monoisotopic (exact) mass is 242 g/mol. The van der Waals surface area contributed by atoms with Crippen molar-refractivity contribution in [2.24, 2.45) is 0 Å². The molecule has 1 saturated carbocycles. The van der Waals surface area contributed by atoms with Gasteiger partial charge in [-0.3, -0.25) is 0 Å². The normalized spacial score (nSPS) is 17.9. The zero-order valence-electron chi connectivity index (χ0n) is 9.42. The van der Waals surface area contributed by atoms with Crippen LogP contribution >= 0.6 is 0 Å². The molecule has 5 heteroatoms. The van der Waals surface area contributed by atoms with E-state index in [1.165, 1.54) is 6.07 Å². The Labute approximate surface area is 98.6 Å². The van der Waals surface area contributed by atoms with E-state index < -0.39 is 12.0 Å². The summed E-state index contributed by atoms with van der Waals surface area (Å²) in [6.45, 7) is -0.0416. The zero-order valence-corrected chi connectivity index (χ0v) is 9.42. The molecule has 4 N–H and O–H groups in total. The number of benzene rings is 1. The Morgan fingerprint density at radius 1 is 1.41 bits per heavy atom. The number of halogens is 2. The van der Waals surface area contributed by atoms with Gasteiger partial charge >= 0.3 is 0 Å². The predicted octanol–water partition coefficient (Wildman–Crippen LogP) is 2.53. The van der Waals surface area contributed by atoms with Crippen molar-refractivity contribution in [1.29, 1.82) is 0 Å². The van der Waals surface area contributed by atoms with Gasteiger partial charge in [0.15, 0.2) is 0 Å². The minimum absolute atomic E-state index is 0.0416. The van der Waals surface area contributed by atoms with Crippen LogP contribution in [0.3, 0.4) is 0 Å². The lowest BCUT2D eigenvalue weighted by Crippen LogP contribution is -2.48. The molecule has 94 valence electrons. The number of hydrogen-bond donors (Lipinski definition) is 3. The Morgan fingerprint density at radius 3 is 2.59 bits per heavy atom. The average molecular weight is 242 g/mol. The second kappa shape index (κ2) is 4.49. The molecule has 0 heterocycles. The summed E-state index contributed by atoms with van der Waals surface area (Å²) in [5, 5.41) is 12.3. The van der Waals surface area contributed by atoms with Crippen molar-refractivity contribution in [3.05, 3.63) is 23.8 Å². The van der Waals surface area contributed by atoms with Gasteiger partial charge in [0.05, 0.1) is 12.1 Å². The van der Waals surface area contributed by atoms with E-state index in [4.69, 9.17) is 5.73 Å². The van der Waals surface area contributed by atoms with E-state index in [0.29, 0.717) is 11.4 Å². The standard InChI is InChI=1S/C12H16F2N2O/c13-11(14)9-6-8(15)2-3-10(9)16-12(7-17)4-1-5-12/h2-3,6,11,16-17H,1,4-5,7,15H2. The van der Waals surface area contributed by atoms with Crippen molar-refractivity contribution >= 4 is 11.4 Å². The molecule has 17 heavy (non-hydrogen) atoms. The molecular weight excluding hydrogens is 226 g/mol. The largest absolute Gasteiger partial charge is 0.399 e. The molecule has 0 spiro atoms. The maximum atomic E-state index is 12.9. The molecule has 0 atom stereocenters. The van der Waals surface area contributed by atoms with E-state index in [1.807, 2.05) is 0 Å². The number of alkyl halides is 2. The van der Waals surface area contributed by atoms with Crippen molar-refractivity contribution in [3.63, 3.8) is 0 Å². The second-order valence-corrected chi connectivity index (χ2v) is 4.56. The van der Waals surface area contributed by atoms with Gasteiger partial charge in [-0.1, -0.05) is 0 Å². The summed E-state index contributed by atoms with van der Waals surface area (Å²) in [5.74, 6) is 0. The highest BCUT2D eigenvalue weighted by molar-refractivity contribution is 5.60. The highest BCUT2D eigenvalue weighted by Crippen LogP contribution is 2.38. The molecule has 0 saturated heterocycles. The van der Waals surface area contributed by atoms with Crippen molar-refractivity contribution in [2.75, 3.05) is 17.7 Å². The quantitative estimate of drug-likeness (QED) is 0.711. The predicted molar refractivity (Wildman–Crippen MR) is 63.1 cm³/mol. The van der Waals surface area contributed by atoms with Crippen molar-refractivity contribution < 1.29 is 13.9 Å². The first-order chi connectivity index (χ1) is 8.06. The summed E-state index contributed by atoms with van der Waals surface area (Å²) in [5.41, 5.74) is 5.64. The van der Waals surface area contributed by atoms with E-state index in [0.717, 1.165) is 19.3 Å². The van der Waals surface area contributed by atoms with Gasteiger partial charge in [0.1, 0.15) is 0 Å². The molecule has 0 radical (unpaired) electrons. The van der Waals surface area contributed by atoms with Gasteiger partial charge in [-0.05, 0) is 37.5 Å². The van der Waals surface area contributed by atoms with Gasteiger partial charge < -0.3 is 16.2 Å². The fourth-order valence-electron chi connectivity index (χ4n) is 2.09. The lowest BCUT2D eigenvalue weighted by molar-refractivity contribution is 0.140. The van der Waals surface area contributed by atoms with Gasteiger partial charge in [0.2, 0.25) is 0 Å². The fraction of sp³-hybridized carbons (Fsp3) is 0.500. The van der Waals surface area contributed by atoms with Crippen LogP contribution in [0.25, 0.3) is 0 Å². The Morgan fingerprint density at radius 2 is 2.12 bits per heavy atom. The number of aliphatic hydroxyl groups excluding tert-OH is 1. The molecule has 1 aliphatic rings. The third kappa shape index (κ3) is 2.34. The van der Waals surface area contributed by atoms with E-state index in [2.05, 4.69) is 5.32 Å². The van der Waals surface area contributed by atoms with Gasteiger partial charge in [-0.2, -0.15) is 0 Å². The van der Waals surface area contributed by atoms with Crippen molar-refractivity contribution in [1.82, 2.24) is 0 Å². The second-order valence-electron chi connectivity index (χ2n) is 4.56. The third-order valence-corrected chi connectivity index (χ3v) is 3.32. The number of rotatable bonds is 4. The highest BCUT2D eigenvalue weighted by atomic mass is 19.3. The first-order valence-electron chi connectivity index (χ1n) is 5.63. The van der Waals surface area contributed by atoms with E-state index in [-0.39, 0.29) is 12.2 Å². The van der Waals surface area contributed by atoms with Crippen molar-refractivity contribution in [3.8, 4) is 0 Å². The SMILES string of the molecule is Nc1ccc(NC2(CO)CCC2)c(C(F)F)c1. The lowest BCUT2D eigenvalue weighted by Gasteiger charge is -2.42. The van der Waals surface area contributed by atoms with Crippen LogP contribution in [0.2, 0.25) is 0 Å². The first-order valence-corrected chi connectivity index (χ1v) is 5.63. The molecular formula is C12H16F2N2O. The maximum Gasteiger partial charge on any atom is 0.265 e. The van der Waals surface area contributed by atoms with E-state index >= 15 is 0 Å². The van der Waals surface area contributed by atoms with Gasteiger partial charge in [0, 0.05) is 16.9 Å². The summed E-state index contributed by atoms with van der Waals surface area (Å²) in [4.78, 5) is 0. The highest BCUT2D eigenvalue weighted by Gasteiger charge is 2.36. The summed E-state index contributed by atoms with van der Waals surface area (Å²) in [6, 6.07) is 4.40. The molecule has 1 aliphatic carbocycles. The molecule has 1 aromatic rings. The molecule has 2 rings (SSSR count). The molecule has 0 amide bonds. The minimum atomic E-state index is -2.57. The van der Waals surface area contributed by atoms with E-state index in [1.54, 1.807) is 12.1 Å². The van der Waals surface area contributed by atoms with Crippen LogP contribution in [0.5, 0.6) is 0 Å². The number of hydrogen-bond acceptors (Lipinski definition) is 3. The van der Waals surface area contributed by atoms with Gasteiger partial charge in [-0.15, -0.1) is 0 Å². The third-order valence-electron chi connectivity index (χ3n) is 3.32. The first kappa shape index (κ1) is 12.1.